The second-order valence-corrected chi connectivity index (χ2v) is 4.88. The van der Waals surface area contributed by atoms with Crippen molar-refractivity contribution in [1.82, 2.24) is 5.32 Å². The fourth-order valence-corrected chi connectivity index (χ4v) is 3.45. The van der Waals surface area contributed by atoms with Crippen LogP contribution in [0.5, 0.6) is 0 Å². The molecule has 2 fully saturated rings. The summed E-state index contributed by atoms with van der Waals surface area (Å²) in [5.41, 5.74) is 0. The second kappa shape index (κ2) is 3.37. The molecule has 0 amide bonds. The van der Waals surface area contributed by atoms with Crippen molar-refractivity contribution in [1.29, 1.82) is 0 Å². The molecule has 70 valence electrons. The molecule has 1 heterocycles. The van der Waals surface area contributed by atoms with Crippen molar-refractivity contribution in [3.8, 4) is 0 Å². The van der Waals surface area contributed by atoms with E-state index in [1.807, 2.05) is 0 Å². The number of nitrogens with one attached hydrogen (secondary N) is 1. The maximum absolute atomic E-state index is 3.55. The zero-order valence-corrected chi connectivity index (χ0v) is 8.34. The first kappa shape index (κ1) is 8.55. The lowest BCUT2D eigenvalue weighted by Crippen LogP contribution is -2.46. The summed E-state index contributed by atoms with van der Waals surface area (Å²) in [6.07, 6.45) is 4.43. The predicted molar refractivity (Wildman–Crippen MR) is 52.0 cm³/mol. The Kier molecular flexibility index (Phi) is 2.40. The van der Waals surface area contributed by atoms with Crippen LogP contribution in [0.25, 0.3) is 0 Å². The summed E-state index contributed by atoms with van der Waals surface area (Å²) in [6, 6.07) is 0. The van der Waals surface area contributed by atoms with Crippen LogP contribution in [0.15, 0.2) is 0 Å². The van der Waals surface area contributed by atoms with E-state index in [0.29, 0.717) is 0 Å². The molecule has 12 heavy (non-hydrogen) atoms. The van der Waals surface area contributed by atoms with Crippen LogP contribution in [0.4, 0.5) is 0 Å². The normalized spacial score (nSPS) is 48.5. The first-order chi connectivity index (χ1) is 5.79. The van der Waals surface area contributed by atoms with Crippen LogP contribution in [-0.2, 0) is 0 Å². The molecule has 0 aromatic carbocycles. The molecule has 2 rings (SSSR count). The Morgan fingerprint density at radius 3 is 2.58 bits per heavy atom. The topological polar surface area (TPSA) is 12.0 Å². The van der Waals surface area contributed by atoms with E-state index in [2.05, 4.69) is 19.2 Å². The Morgan fingerprint density at radius 1 is 1.00 bits per heavy atom. The van der Waals surface area contributed by atoms with E-state index in [9.17, 15) is 0 Å². The molecule has 1 N–H and O–H groups in total. The average molecular weight is 167 g/mol. The maximum atomic E-state index is 3.55. The molecule has 1 nitrogen and oxygen atoms in total. The molecule has 1 aliphatic heterocycles. The highest BCUT2D eigenvalue weighted by Gasteiger charge is 2.36. The lowest BCUT2D eigenvalue weighted by molar-refractivity contribution is 0.0780. The fraction of sp³-hybridized carbons (Fsp3) is 1.00. The van der Waals surface area contributed by atoms with Crippen LogP contribution >= 0.6 is 0 Å². The first-order valence-corrected chi connectivity index (χ1v) is 5.49. The van der Waals surface area contributed by atoms with Crippen LogP contribution in [0.1, 0.15) is 33.1 Å². The Morgan fingerprint density at radius 2 is 1.83 bits per heavy atom. The Balaban J connectivity index is 2.07. The van der Waals surface area contributed by atoms with E-state index < -0.39 is 0 Å². The third kappa shape index (κ3) is 1.39. The molecule has 0 radical (unpaired) electrons. The average Bonchev–Trinajstić information content (AvgIpc) is 2.04. The zero-order valence-electron chi connectivity index (χ0n) is 8.34. The number of piperidine rings is 1. The van der Waals surface area contributed by atoms with Gasteiger partial charge in [-0.25, -0.2) is 0 Å². The summed E-state index contributed by atoms with van der Waals surface area (Å²) in [4.78, 5) is 0. The lowest BCUT2D eigenvalue weighted by atomic mass is 9.66. The minimum Gasteiger partial charge on any atom is -0.316 e. The van der Waals surface area contributed by atoms with Crippen molar-refractivity contribution in [2.24, 2.45) is 23.7 Å². The molecule has 1 heteroatoms. The van der Waals surface area contributed by atoms with Crippen LogP contribution < -0.4 is 5.32 Å². The van der Waals surface area contributed by atoms with Crippen molar-refractivity contribution in [2.75, 3.05) is 13.1 Å². The summed E-state index contributed by atoms with van der Waals surface area (Å²) in [5, 5.41) is 3.55. The predicted octanol–water partition coefficient (Wildman–Crippen LogP) is 2.28. The van der Waals surface area contributed by atoms with Gasteiger partial charge < -0.3 is 5.32 Å². The van der Waals surface area contributed by atoms with Gasteiger partial charge in [-0.3, -0.25) is 0 Å². The second-order valence-electron chi connectivity index (χ2n) is 4.88. The highest BCUT2D eigenvalue weighted by molar-refractivity contribution is 4.88. The molecule has 4 unspecified atom stereocenters. The standard InChI is InChI=1S/C11H21N/c1-8-4-3-5-10-7-12-6-9(2)11(8)10/h8-12H,3-7H2,1-2H3. The molecule has 1 saturated heterocycles. The monoisotopic (exact) mass is 167 g/mol. The third-order valence-electron chi connectivity index (χ3n) is 3.97. The molecular weight excluding hydrogens is 146 g/mol. The summed E-state index contributed by atoms with van der Waals surface area (Å²) < 4.78 is 0. The quantitative estimate of drug-likeness (QED) is 0.583. The smallest absolute Gasteiger partial charge is 0.00175 e. The van der Waals surface area contributed by atoms with Crippen LogP contribution in [0.3, 0.4) is 0 Å². The van der Waals surface area contributed by atoms with Gasteiger partial charge in [0.05, 0.1) is 0 Å². The highest BCUT2D eigenvalue weighted by Crippen LogP contribution is 2.40. The first-order valence-electron chi connectivity index (χ1n) is 5.49. The summed E-state index contributed by atoms with van der Waals surface area (Å²) in [6.45, 7) is 7.43. The van der Waals surface area contributed by atoms with Crippen molar-refractivity contribution in [3.05, 3.63) is 0 Å². The molecule has 0 spiro atoms. The van der Waals surface area contributed by atoms with Gasteiger partial charge in [0.2, 0.25) is 0 Å². The van der Waals surface area contributed by atoms with Crippen LogP contribution in [-0.4, -0.2) is 13.1 Å². The molecule has 1 aliphatic carbocycles. The molecule has 0 aromatic heterocycles. The van der Waals surface area contributed by atoms with Crippen LogP contribution in [0, 0.1) is 23.7 Å². The molecule has 4 atom stereocenters. The number of hydrogen-bond donors (Lipinski definition) is 1. The van der Waals surface area contributed by atoms with Gasteiger partial charge >= 0.3 is 0 Å². The summed E-state index contributed by atoms with van der Waals surface area (Å²) in [5.74, 6) is 3.93. The van der Waals surface area contributed by atoms with E-state index in [-0.39, 0.29) is 0 Å². The van der Waals surface area contributed by atoms with E-state index in [1.165, 1.54) is 32.4 Å². The zero-order chi connectivity index (χ0) is 8.55. The largest absolute Gasteiger partial charge is 0.316 e. The molecule has 0 bridgehead atoms. The minimum atomic E-state index is 0.916. The van der Waals surface area contributed by atoms with Gasteiger partial charge in [0.25, 0.3) is 0 Å². The SMILES string of the molecule is CC1CCCC2CNCC(C)C12. The van der Waals surface area contributed by atoms with Gasteiger partial charge in [0.1, 0.15) is 0 Å². The van der Waals surface area contributed by atoms with E-state index in [4.69, 9.17) is 0 Å². The van der Waals surface area contributed by atoms with Crippen LogP contribution in [0.2, 0.25) is 0 Å². The lowest BCUT2D eigenvalue weighted by Gasteiger charge is -2.44. The fourth-order valence-electron chi connectivity index (χ4n) is 3.45. The van der Waals surface area contributed by atoms with Crippen molar-refractivity contribution in [3.63, 3.8) is 0 Å². The number of rotatable bonds is 0. The van der Waals surface area contributed by atoms with Gasteiger partial charge in [0, 0.05) is 0 Å². The van der Waals surface area contributed by atoms with Gasteiger partial charge in [-0.05, 0) is 43.2 Å². The Bertz CT molecular complexity index is 139. The number of fused-ring (bicyclic) bond motifs is 1. The number of hydrogen-bond acceptors (Lipinski definition) is 1. The van der Waals surface area contributed by atoms with Gasteiger partial charge in [-0.1, -0.05) is 26.7 Å². The minimum absolute atomic E-state index is 0.916. The van der Waals surface area contributed by atoms with Gasteiger partial charge in [-0.2, -0.15) is 0 Å². The van der Waals surface area contributed by atoms with E-state index >= 15 is 0 Å². The molecule has 0 aromatic rings. The molecule has 2 aliphatic rings. The summed E-state index contributed by atoms with van der Waals surface area (Å²) >= 11 is 0. The third-order valence-corrected chi connectivity index (χ3v) is 3.97. The van der Waals surface area contributed by atoms with Crippen molar-refractivity contribution < 1.29 is 0 Å². The Labute approximate surface area is 75.9 Å². The van der Waals surface area contributed by atoms with Crippen molar-refractivity contribution in [2.45, 2.75) is 33.1 Å². The summed E-state index contributed by atoms with van der Waals surface area (Å²) in [7, 11) is 0. The molecular formula is C11H21N. The Hall–Kier alpha value is -0.0400. The van der Waals surface area contributed by atoms with E-state index in [1.54, 1.807) is 0 Å². The maximum Gasteiger partial charge on any atom is -0.00175 e. The van der Waals surface area contributed by atoms with Gasteiger partial charge in [0.15, 0.2) is 0 Å². The highest BCUT2D eigenvalue weighted by atomic mass is 14.9. The molecule has 1 saturated carbocycles. The van der Waals surface area contributed by atoms with E-state index in [0.717, 1.165) is 23.7 Å². The van der Waals surface area contributed by atoms with Gasteiger partial charge in [-0.15, -0.1) is 0 Å². The van der Waals surface area contributed by atoms with Crippen molar-refractivity contribution >= 4 is 0 Å².